The van der Waals surface area contributed by atoms with Crippen molar-refractivity contribution in [1.29, 1.82) is 0 Å². The van der Waals surface area contributed by atoms with Crippen molar-refractivity contribution in [3.63, 3.8) is 0 Å². The Morgan fingerprint density at radius 2 is 1.39 bits per heavy atom. The molecule has 23 heavy (non-hydrogen) atoms. The smallest absolute Gasteiger partial charge is 0.449 e. The third-order valence-corrected chi connectivity index (χ3v) is 2.69. The molecule has 0 heterocycles. The van der Waals surface area contributed by atoms with Gasteiger partial charge >= 0.3 is 23.9 Å². The highest BCUT2D eigenvalue weighted by Crippen LogP contribution is 2.47. The molecule has 130 valence electrons. The van der Waals surface area contributed by atoms with Crippen molar-refractivity contribution in [2.24, 2.45) is 0 Å². The van der Waals surface area contributed by atoms with E-state index >= 15 is 0 Å². The lowest BCUT2D eigenvalue weighted by Crippen LogP contribution is -2.66. The summed E-state index contributed by atoms with van der Waals surface area (Å²) in [4.78, 5) is 11.5. The van der Waals surface area contributed by atoms with E-state index in [1.807, 2.05) is 0 Å². The fourth-order valence-corrected chi connectivity index (χ4v) is 1.60. The first-order valence-electron chi connectivity index (χ1n) is 6.13. The van der Waals surface area contributed by atoms with Crippen molar-refractivity contribution in [1.82, 2.24) is 0 Å². The number of esters is 1. The summed E-state index contributed by atoms with van der Waals surface area (Å²) in [7, 11) is 1.25. The first-order valence-corrected chi connectivity index (χ1v) is 6.13. The minimum Gasteiger partial charge on any atom is -0.497 e. The Bertz CT molecular complexity index is 521. The van der Waals surface area contributed by atoms with Crippen LogP contribution in [-0.2, 0) is 9.53 Å². The number of rotatable bonds is 5. The van der Waals surface area contributed by atoms with Crippen LogP contribution in [0.1, 0.15) is 6.92 Å². The van der Waals surface area contributed by atoms with Crippen molar-refractivity contribution < 1.29 is 45.3 Å². The predicted octanol–water partition coefficient (Wildman–Crippen LogP) is 3.50. The minimum atomic E-state index is -6.09. The Morgan fingerprint density at radius 1 is 0.957 bits per heavy atom. The van der Waals surface area contributed by atoms with E-state index < -0.39 is 36.3 Å². The SMILES string of the molecule is CCOC(=O)C(Oc1ccc(OC)cc1)(C(F)(F)F)C(F)(F)F. The van der Waals surface area contributed by atoms with Gasteiger partial charge in [-0.25, -0.2) is 4.79 Å². The zero-order valence-corrected chi connectivity index (χ0v) is 11.9. The summed E-state index contributed by atoms with van der Waals surface area (Å²) >= 11 is 0. The lowest BCUT2D eigenvalue weighted by atomic mass is 10.0. The lowest BCUT2D eigenvalue weighted by Gasteiger charge is -2.34. The number of hydrogen-bond acceptors (Lipinski definition) is 4. The number of methoxy groups -OCH3 is 1. The summed E-state index contributed by atoms with van der Waals surface area (Å²) in [6, 6.07) is 3.78. The normalized spacial score (nSPS) is 12.7. The number of hydrogen-bond donors (Lipinski definition) is 0. The number of alkyl halides is 6. The fourth-order valence-electron chi connectivity index (χ4n) is 1.60. The van der Waals surface area contributed by atoms with Gasteiger partial charge in [-0.3, -0.25) is 0 Å². The van der Waals surface area contributed by atoms with E-state index in [0.717, 1.165) is 31.2 Å². The van der Waals surface area contributed by atoms with Gasteiger partial charge in [0, 0.05) is 0 Å². The number of carbonyl (C=O) groups excluding carboxylic acids is 1. The average Bonchev–Trinajstić information content (AvgIpc) is 2.42. The van der Waals surface area contributed by atoms with Crippen LogP contribution >= 0.6 is 0 Å². The average molecular weight is 346 g/mol. The van der Waals surface area contributed by atoms with Crippen LogP contribution in [0.15, 0.2) is 24.3 Å². The number of ether oxygens (including phenoxy) is 3. The Balaban J connectivity index is 3.39. The third-order valence-electron chi connectivity index (χ3n) is 2.69. The molecule has 0 fully saturated rings. The molecule has 0 saturated heterocycles. The van der Waals surface area contributed by atoms with Crippen molar-refractivity contribution in [2.75, 3.05) is 13.7 Å². The van der Waals surface area contributed by atoms with Gasteiger partial charge in [-0.05, 0) is 31.2 Å². The highest BCUT2D eigenvalue weighted by atomic mass is 19.4. The van der Waals surface area contributed by atoms with Crippen LogP contribution in [0.2, 0.25) is 0 Å². The maximum atomic E-state index is 13.1. The van der Waals surface area contributed by atoms with Crippen molar-refractivity contribution in [2.45, 2.75) is 24.9 Å². The molecule has 0 atom stereocenters. The molecule has 0 radical (unpaired) electrons. The van der Waals surface area contributed by atoms with Crippen LogP contribution in [0.4, 0.5) is 26.3 Å². The molecule has 0 saturated carbocycles. The molecule has 0 unspecified atom stereocenters. The molecule has 0 aliphatic rings. The largest absolute Gasteiger partial charge is 0.497 e. The van der Waals surface area contributed by atoms with Gasteiger partial charge in [-0.1, -0.05) is 0 Å². The second-order valence-corrected chi connectivity index (χ2v) is 4.17. The maximum Gasteiger partial charge on any atom is 0.449 e. The molecule has 0 spiro atoms. The Morgan fingerprint density at radius 3 is 1.74 bits per heavy atom. The van der Waals surface area contributed by atoms with E-state index in [1.54, 1.807) is 0 Å². The summed E-state index contributed by atoms with van der Waals surface area (Å²) < 4.78 is 91.4. The van der Waals surface area contributed by atoms with Gasteiger partial charge < -0.3 is 14.2 Å². The molecule has 0 bridgehead atoms. The van der Waals surface area contributed by atoms with Crippen LogP contribution in [0, 0.1) is 0 Å². The monoisotopic (exact) mass is 346 g/mol. The van der Waals surface area contributed by atoms with Gasteiger partial charge in [-0.15, -0.1) is 0 Å². The van der Waals surface area contributed by atoms with E-state index in [9.17, 15) is 31.1 Å². The first-order chi connectivity index (χ1) is 10.5. The van der Waals surface area contributed by atoms with Crippen molar-refractivity contribution >= 4 is 5.97 Å². The summed E-state index contributed by atoms with van der Waals surface area (Å²) in [5.41, 5.74) is -5.12. The first kappa shape index (κ1) is 18.9. The highest BCUT2D eigenvalue weighted by molar-refractivity contribution is 5.82. The quantitative estimate of drug-likeness (QED) is 0.605. The summed E-state index contributed by atoms with van der Waals surface area (Å²) in [6.07, 6.45) is -12.2. The standard InChI is InChI=1S/C13H12F6O4/c1-3-22-10(20)11(12(14,15)16,13(17,18)19)23-9-6-4-8(21-2)5-7-9/h4-7H,3H2,1-2H3. The van der Waals surface area contributed by atoms with Gasteiger partial charge in [0.25, 0.3) is 0 Å². The summed E-state index contributed by atoms with van der Waals surface area (Å²) in [5, 5.41) is 0. The molecule has 0 aliphatic heterocycles. The Kier molecular flexibility index (Phi) is 5.39. The molecule has 0 amide bonds. The van der Waals surface area contributed by atoms with E-state index in [1.165, 1.54) is 7.11 Å². The Hall–Kier alpha value is -2.13. The van der Waals surface area contributed by atoms with Crippen molar-refractivity contribution in [3.8, 4) is 11.5 Å². The van der Waals surface area contributed by atoms with Crippen LogP contribution in [0.3, 0.4) is 0 Å². The molecule has 0 N–H and O–H groups in total. The Labute approximate surface area is 126 Å². The molecule has 4 nitrogen and oxygen atoms in total. The van der Waals surface area contributed by atoms with Crippen LogP contribution in [0.25, 0.3) is 0 Å². The number of halogens is 6. The van der Waals surface area contributed by atoms with Gasteiger partial charge in [0.1, 0.15) is 11.5 Å². The van der Waals surface area contributed by atoms with Gasteiger partial charge in [0.2, 0.25) is 0 Å². The molecule has 0 aliphatic carbocycles. The zero-order chi connectivity index (χ0) is 17.9. The maximum absolute atomic E-state index is 13.1. The summed E-state index contributed by atoms with van der Waals surface area (Å²) in [6.45, 7) is 0.390. The fraction of sp³-hybridized carbons (Fsp3) is 0.462. The topological polar surface area (TPSA) is 44.8 Å². The zero-order valence-electron chi connectivity index (χ0n) is 11.9. The van der Waals surface area contributed by atoms with E-state index in [4.69, 9.17) is 4.74 Å². The third kappa shape index (κ3) is 3.62. The summed E-state index contributed by atoms with van der Waals surface area (Å²) in [5.74, 6) is -3.23. The van der Waals surface area contributed by atoms with Crippen molar-refractivity contribution in [3.05, 3.63) is 24.3 Å². The molecular formula is C13H12F6O4. The molecule has 0 aromatic heterocycles. The van der Waals surface area contributed by atoms with E-state index in [-0.39, 0.29) is 5.75 Å². The van der Waals surface area contributed by atoms with Crippen LogP contribution < -0.4 is 9.47 Å². The second-order valence-electron chi connectivity index (χ2n) is 4.17. The molecule has 1 rings (SSSR count). The van der Waals surface area contributed by atoms with Crippen LogP contribution in [0.5, 0.6) is 11.5 Å². The van der Waals surface area contributed by atoms with Crippen LogP contribution in [-0.4, -0.2) is 37.6 Å². The lowest BCUT2D eigenvalue weighted by molar-refractivity contribution is -0.347. The predicted molar refractivity (Wildman–Crippen MR) is 65.1 cm³/mol. The molecule has 1 aromatic rings. The highest BCUT2D eigenvalue weighted by Gasteiger charge is 2.80. The minimum absolute atomic E-state index is 0.179. The van der Waals surface area contributed by atoms with Gasteiger partial charge in [0.15, 0.2) is 0 Å². The van der Waals surface area contributed by atoms with Gasteiger partial charge in [0.05, 0.1) is 13.7 Å². The second kappa shape index (κ2) is 6.55. The van der Waals surface area contributed by atoms with E-state index in [2.05, 4.69) is 9.47 Å². The molecular weight excluding hydrogens is 334 g/mol. The van der Waals surface area contributed by atoms with Gasteiger partial charge in [-0.2, -0.15) is 26.3 Å². The molecule has 1 aromatic carbocycles. The number of benzene rings is 1. The number of carbonyl (C=O) groups is 1. The van der Waals surface area contributed by atoms with E-state index in [0.29, 0.717) is 0 Å². The molecule has 10 heteroatoms.